The lowest BCUT2D eigenvalue weighted by molar-refractivity contribution is -0.164. The molecule has 4 nitrogen and oxygen atoms in total. The van der Waals surface area contributed by atoms with Gasteiger partial charge in [-0.1, -0.05) is 153 Å². The monoisotopic (exact) mass is 699 g/mol. The number of carboxylic acids is 2. The third kappa shape index (κ3) is 23.4. The van der Waals surface area contributed by atoms with Crippen molar-refractivity contribution in [3.8, 4) is 0 Å². The molecule has 0 aliphatic heterocycles. The van der Waals surface area contributed by atoms with E-state index in [1.165, 1.54) is 103 Å². The van der Waals surface area contributed by atoms with Gasteiger partial charge in [0.25, 0.3) is 0 Å². The van der Waals surface area contributed by atoms with E-state index in [0.717, 1.165) is 51.4 Å². The third-order valence-corrected chi connectivity index (χ3v) is 10.9. The molecule has 0 aliphatic carbocycles. The molecular weight excluding hydrogens is 617 g/mol. The van der Waals surface area contributed by atoms with E-state index in [4.69, 9.17) is 0 Å². The van der Waals surface area contributed by atoms with Crippen molar-refractivity contribution < 1.29 is 19.8 Å². The first-order valence-electron chi connectivity index (χ1n) is 21.4. The lowest BCUT2D eigenvalue weighted by Crippen LogP contribution is -2.48. The summed E-state index contributed by atoms with van der Waals surface area (Å²) in [6, 6.07) is 0. The van der Waals surface area contributed by atoms with E-state index in [0.29, 0.717) is 32.1 Å². The van der Waals surface area contributed by atoms with Gasteiger partial charge >= 0.3 is 11.9 Å². The molecule has 0 aliphatic rings. The van der Waals surface area contributed by atoms with E-state index in [1.807, 2.05) is 0 Å². The minimum absolute atomic E-state index is 0.0109. The van der Waals surface area contributed by atoms with Gasteiger partial charge < -0.3 is 10.2 Å². The lowest BCUT2D eigenvalue weighted by Gasteiger charge is -2.49. The van der Waals surface area contributed by atoms with Crippen LogP contribution in [-0.4, -0.2) is 22.2 Å². The first-order valence-corrected chi connectivity index (χ1v) is 21.4. The van der Waals surface area contributed by atoms with Crippen LogP contribution in [0.4, 0.5) is 0 Å². The second-order valence-corrected chi connectivity index (χ2v) is 15.0. The Morgan fingerprint density at radius 3 is 0.980 bits per heavy atom. The largest absolute Gasteiger partial charge is 0.481 e. The van der Waals surface area contributed by atoms with Crippen molar-refractivity contribution in [2.24, 2.45) is 10.8 Å². The Morgan fingerprint density at radius 1 is 0.400 bits per heavy atom. The second kappa shape index (κ2) is 34.0. The lowest BCUT2D eigenvalue weighted by atomic mass is 9.53. The molecule has 0 atom stereocenters. The van der Waals surface area contributed by atoms with E-state index < -0.39 is 22.8 Å². The molecule has 0 saturated heterocycles. The van der Waals surface area contributed by atoms with E-state index in [9.17, 15) is 19.8 Å². The molecule has 290 valence electrons. The Labute approximate surface area is 310 Å². The minimum Gasteiger partial charge on any atom is -0.481 e. The van der Waals surface area contributed by atoms with Gasteiger partial charge in [-0.25, -0.2) is 0 Å². The Hall–Kier alpha value is -2.10. The quantitative estimate of drug-likeness (QED) is 0.0500. The van der Waals surface area contributed by atoms with E-state index >= 15 is 0 Å². The van der Waals surface area contributed by atoms with Gasteiger partial charge in [-0.15, -0.1) is 0 Å². The van der Waals surface area contributed by atoms with Gasteiger partial charge in [-0.3, -0.25) is 9.59 Å². The number of unbranched alkanes of at least 4 members (excludes halogenated alkanes) is 16. The molecule has 0 spiro atoms. The van der Waals surface area contributed by atoms with Crippen LogP contribution < -0.4 is 0 Å². The van der Waals surface area contributed by atoms with E-state index in [2.05, 4.69) is 76.3 Å². The van der Waals surface area contributed by atoms with Crippen LogP contribution >= 0.6 is 0 Å². The van der Waals surface area contributed by atoms with Crippen LogP contribution in [0, 0.1) is 10.8 Å². The predicted molar refractivity (Wildman–Crippen MR) is 218 cm³/mol. The molecule has 2 N–H and O–H groups in total. The first kappa shape index (κ1) is 47.9. The number of carbonyl (C=O) groups is 2. The highest BCUT2D eigenvalue weighted by atomic mass is 16.4. The molecule has 50 heavy (non-hydrogen) atoms. The molecule has 0 amide bonds. The van der Waals surface area contributed by atoms with Crippen LogP contribution in [-0.2, 0) is 9.59 Å². The van der Waals surface area contributed by atoms with Crippen LogP contribution in [0.25, 0.3) is 0 Å². The number of hydrogen-bond donors (Lipinski definition) is 2. The van der Waals surface area contributed by atoms with Crippen LogP contribution in [0.5, 0.6) is 0 Å². The number of rotatable bonds is 37. The summed E-state index contributed by atoms with van der Waals surface area (Å²) in [4.78, 5) is 26.0. The smallest absolute Gasteiger partial charge is 0.310 e. The number of hydrogen-bond acceptors (Lipinski definition) is 2. The average Bonchev–Trinajstić information content (AvgIpc) is 3.10. The molecular formula is C46H82O4. The van der Waals surface area contributed by atoms with Crippen molar-refractivity contribution in [1.29, 1.82) is 0 Å². The van der Waals surface area contributed by atoms with Crippen molar-refractivity contribution in [2.45, 2.75) is 220 Å². The van der Waals surface area contributed by atoms with Crippen LogP contribution in [0.3, 0.4) is 0 Å². The van der Waals surface area contributed by atoms with Gasteiger partial charge in [0.05, 0.1) is 5.41 Å². The molecule has 0 aromatic rings. The fourth-order valence-corrected chi connectivity index (χ4v) is 7.61. The number of allylic oxidation sites excluding steroid dienone is 8. The highest BCUT2D eigenvalue weighted by Gasteiger charge is 2.54. The Kier molecular flexibility index (Phi) is 32.6. The maximum Gasteiger partial charge on any atom is 0.310 e. The average molecular weight is 699 g/mol. The third-order valence-electron chi connectivity index (χ3n) is 10.9. The van der Waals surface area contributed by atoms with Crippen molar-refractivity contribution in [1.82, 2.24) is 0 Å². The van der Waals surface area contributed by atoms with Gasteiger partial charge in [0.15, 0.2) is 0 Å². The van der Waals surface area contributed by atoms with Gasteiger partial charge in [0, 0.05) is 6.42 Å². The maximum absolute atomic E-state index is 13.8. The highest BCUT2D eigenvalue weighted by molar-refractivity contribution is 5.76. The summed E-state index contributed by atoms with van der Waals surface area (Å²) in [5.74, 6) is -1.56. The SMILES string of the molecule is CCCCCC/C=C/CCC(CC/C=C/CCCCCC)(CCC(=O)O)C(CC/C=C/CCCCCC)(CC/C=C/CCCCCC)C(=O)O. The maximum atomic E-state index is 13.8. The molecule has 0 aromatic carbocycles. The topological polar surface area (TPSA) is 74.6 Å². The number of carboxylic acid groups (broad SMARTS) is 2. The summed E-state index contributed by atoms with van der Waals surface area (Å²) in [5, 5.41) is 21.3. The summed E-state index contributed by atoms with van der Waals surface area (Å²) in [6.07, 6.45) is 47.8. The van der Waals surface area contributed by atoms with Gasteiger partial charge in [-0.2, -0.15) is 0 Å². The first-order chi connectivity index (χ1) is 24.4. The molecule has 0 heterocycles. The van der Waals surface area contributed by atoms with Crippen LogP contribution in [0.15, 0.2) is 48.6 Å². The molecule has 4 heteroatoms. The minimum atomic E-state index is -0.995. The molecule has 0 aromatic heterocycles. The van der Waals surface area contributed by atoms with Crippen LogP contribution in [0.1, 0.15) is 220 Å². The Morgan fingerprint density at radius 2 is 0.700 bits per heavy atom. The number of aliphatic carboxylic acids is 2. The van der Waals surface area contributed by atoms with Crippen molar-refractivity contribution in [2.75, 3.05) is 0 Å². The zero-order chi connectivity index (χ0) is 37.0. The summed E-state index contributed by atoms with van der Waals surface area (Å²) in [7, 11) is 0. The molecule has 0 fully saturated rings. The Bertz CT molecular complexity index is 859. The summed E-state index contributed by atoms with van der Waals surface area (Å²) >= 11 is 0. The van der Waals surface area contributed by atoms with Crippen molar-refractivity contribution in [3.63, 3.8) is 0 Å². The fourth-order valence-electron chi connectivity index (χ4n) is 7.61. The second-order valence-electron chi connectivity index (χ2n) is 15.0. The Balaban J connectivity index is 6.46. The summed E-state index contributed by atoms with van der Waals surface area (Å²) in [6.45, 7) is 8.92. The fraction of sp³-hybridized carbons (Fsp3) is 0.783. The molecule has 0 saturated carbocycles. The predicted octanol–water partition coefficient (Wildman–Crippen LogP) is 15.1. The standard InChI is InChI=1S/C46H82O4/c1-5-9-13-17-21-25-29-33-38-45(42-37-43(47)48,39-34-30-26-22-18-14-10-6-2)46(44(49)50,40-35-31-27-23-19-15-11-7-3)41-36-32-28-24-20-16-12-8-4/h25-32H,5-24,33-42H2,1-4H3,(H,47,48)(H,49,50)/b29-25+,30-26+,31-27+,32-28+. The van der Waals surface area contributed by atoms with Crippen molar-refractivity contribution >= 4 is 11.9 Å². The molecule has 0 radical (unpaired) electrons. The van der Waals surface area contributed by atoms with Gasteiger partial charge in [-0.05, 0) is 115 Å². The molecule has 0 unspecified atom stereocenters. The van der Waals surface area contributed by atoms with Crippen molar-refractivity contribution in [3.05, 3.63) is 48.6 Å². The van der Waals surface area contributed by atoms with Gasteiger partial charge in [0.1, 0.15) is 0 Å². The normalized spacial score (nSPS) is 12.8. The van der Waals surface area contributed by atoms with E-state index in [-0.39, 0.29) is 6.42 Å². The van der Waals surface area contributed by atoms with Gasteiger partial charge in [0.2, 0.25) is 0 Å². The molecule has 0 bridgehead atoms. The summed E-state index contributed by atoms with van der Waals surface area (Å²) in [5.41, 5.74) is -1.61. The molecule has 0 rings (SSSR count). The highest BCUT2D eigenvalue weighted by Crippen LogP contribution is 2.56. The summed E-state index contributed by atoms with van der Waals surface area (Å²) < 4.78 is 0. The van der Waals surface area contributed by atoms with Crippen LogP contribution in [0.2, 0.25) is 0 Å². The zero-order valence-corrected chi connectivity index (χ0v) is 33.5. The zero-order valence-electron chi connectivity index (χ0n) is 33.5. The van der Waals surface area contributed by atoms with E-state index in [1.54, 1.807) is 0 Å².